The van der Waals surface area contributed by atoms with E-state index < -0.39 is 0 Å². The highest BCUT2D eigenvalue weighted by Gasteiger charge is 2.11. The van der Waals surface area contributed by atoms with Crippen molar-refractivity contribution in [1.29, 1.82) is 0 Å². The molecule has 18 heavy (non-hydrogen) atoms. The summed E-state index contributed by atoms with van der Waals surface area (Å²) in [5, 5.41) is 3.45. The molecule has 0 bridgehead atoms. The van der Waals surface area contributed by atoms with Crippen molar-refractivity contribution >= 4 is 28.3 Å². The summed E-state index contributed by atoms with van der Waals surface area (Å²) in [5.74, 6) is 0.642. The van der Waals surface area contributed by atoms with Gasteiger partial charge in [-0.25, -0.2) is 9.97 Å². The molecule has 0 aliphatic heterocycles. The number of hydrogen-bond acceptors (Lipinski definition) is 5. The predicted molar refractivity (Wildman–Crippen MR) is 71.3 cm³/mol. The smallest absolute Gasteiger partial charge is 0.239 e. The van der Waals surface area contributed by atoms with Gasteiger partial charge in [0, 0.05) is 25.2 Å². The highest BCUT2D eigenvalue weighted by atomic mass is 16.1. The summed E-state index contributed by atoms with van der Waals surface area (Å²) in [7, 11) is 3.42. The summed E-state index contributed by atoms with van der Waals surface area (Å²) in [4.78, 5) is 21.5. The highest BCUT2D eigenvalue weighted by molar-refractivity contribution is 5.92. The Morgan fingerprint density at radius 1 is 1.44 bits per heavy atom. The fourth-order valence-corrected chi connectivity index (χ4v) is 1.73. The van der Waals surface area contributed by atoms with Gasteiger partial charge in [0.25, 0.3) is 0 Å². The third-order valence-electron chi connectivity index (χ3n) is 2.66. The fourth-order valence-electron chi connectivity index (χ4n) is 1.73. The lowest BCUT2D eigenvalue weighted by Gasteiger charge is -2.18. The summed E-state index contributed by atoms with van der Waals surface area (Å²) in [5.41, 5.74) is 7.14. The minimum Gasteiger partial charge on any atom is -0.399 e. The summed E-state index contributed by atoms with van der Waals surface area (Å²) < 4.78 is 0. The van der Waals surface area contributed by atoms with E-state index >= 15 is 0 Å². The number of carbonyl (C=O) groups excluding carboxylic acids is 1. The molecule has 0 aliphatic rings. The van der Waals surface area contributed by atoms with Crippen molar-refractivity contribution in [2.24, 2.45) is 0 Å². The van der Waals surface area contributed by atoms with Crippen LogP contribution in [0.5, 0.6) is 0 Å². The summed E-state index contributed by atoms with van der Waals surface area (Å²) in [6, 6.07) is 5.44. The van der Waals surface area contributed by atoms with Gasteiger partial charge >= 0.3 is 0 Å². The molecule has 1 heterocycles. The largest absolute Gasteiger partial charge is 0.399 e. The number of carbonyl (C=O) groups is 1. The first-order chi connectivity index (χ1) is 8.61. The maximum Gasteiger partial charge on any atom is 0.239 e. The average molecular weight is 245 g/mol. The van der Waals surface area contributed by atoms with Gasteiger partial charge in [-0.1, -0.05) is 0 Å². The zero-order valence-corrected chi connectivity index (χ0v) is 10.3. The number of amides is 1. The summed E-state index contributed by atoms with van der Waals surface area (Å²) >= 11 is 0. The van der Waals surface area contributed by atoms with Gasteiger partial charge in [-0.05, 0) is 18.2 Å². The summed E-state index contributed by atoms with van der Waals surface area (Å²) in [6.45, 7) is 0.243. The lowest BCUT2D eigenvalue weighted by atomic mass is 10.2. The van der Waals surface area contributed by atoms with E-state index in [9.17, 15) is 4.79 Å². The number of aromatic nitrogens is 2. The SMILES string of the molecule is CNC(=O)CN(C)c1ncnc2cc(N)ccc12. The van der Waals surface area contributed by atoms with Crippen LogP contribution in [0.4, 0.5) is 11.5 Å². The maximum absolute atomic E-state index is 11.4. The minimum absolute atomic E-state index is 0.0697. The number of rotatable bonds is 3. The molecule has 1 amide bonds. The molecule has 94 valence electrons. The van der Waals surface area contributed by atoms with Crippen LogP contribution in [-0.2, 0) is 4.79 Å². The van der Waals surface area contributed by atoms with Gasteiger partial charge in [-0.15, -0.1) is 0 Å². The van der Waals surface area contributed by atoms with Gasteiger partial charge in [-0.2, -0.15) is 0 Å². The van der Waals surface area contributed by atoms with E-state index in [0.717, 1.165) is 10.9 Å². The average Bonchev–Trinajstić information content (AvgIpc) is 2.37. The maximum atomic E-state index is 11.4. The number of nitrogens with zero attached hydrogens (tertiary/aromatic N) is 3. The Morgan fingerprint density at radius 3 is 2.94 bits per heavy atom. The second-order valence-corrected chi connectivity index (χ2v) is 4.00. The van der Waals surface area contributed by atoms with Gasteiger partial charge in [0.05, 0.1) is 12.1 Å². The van der Waals surface area contributed by atoms with Gasteiger partial charge in [-0.3, -0.25) is 4.79 Å². The molecule has 6 nitrogen and oxygen atoms in total. The Bertz CT molecular complexity index is 584. The molecular formula is C12H15N5O. The van der Waals surface area contributed by atoms with Crippen molar-refractivity contribution in [1.82, 2.24) is 15.3 Å². The molecule has 0 fully saturated rings. The van der Waals surface area contributed by atoms with Crippen LogP contribution in [0.2, 0.25) is 0 Å². The normalized spacial score (nSPS) is 10.3. The molecule has 0 saturated heterocycles. The summed E-state index contributed by atoms with van der Waals surface area (Å²) in [6.07, 6.45) is 1.47. The Morgan fingerprint density at radius 2 is 2.22 bits per heavy atom. The number of fused-ring (bicyclic) bond motifs is 1. The number of hydrogen-bond donors (Lipinski definition) is 2. The first-order valence-corrected chi connectivity index (χ1v) is 5.54. The van der Waals surface area contributed by atoms with Crippen LogP contribution in [0, 0.1) is 0 Å². The molecule has 3 N–H and O–H groups in total. The van der Waals surface area contributed by atoms with E-state index in [-0.39, 0.29) is 12.5 Å². The zero-order chi connectivity index (χ0) is 13.1. The second-order valence-electron chi connectivity index (χ2n) is 4.00. The number of nitrogen functional groups attached to an aromatic ring is 1. The number of anilines is 2. The van der Waals surface area contributed by atoms with Crippen LogP contribution >= 0.6 is 0 Å². The minimum atomic E-state index is -0.0697. The Hall–Kier alpha value is -2.37. The van der Waals surface area contributed by atoms with Crippen LogP contribution in [0.25, 0.3) is 10.9 Å². The Kier molecular flexibility index (Phi) is 3.27. The predicted octanol–water partition coefficient (Wildman–Crippen LogP) is 0.394. The lowest BCUT2D eigenvalue weighted by Crippen LogP contribution is -2.33. The van der Waals surface area contributed by atoms with Gasteiger partial charge < -0.3 is 16.0 Å². The van der Waals surface area contributed by atoms with Crippen molar-refractivity contribution in [2.75, 3.05) is 31.3 Å². The third kappa shape index (κ3) is 2.32. The lowest BCUT2D eigenvalue weighted by molar-refractivity contribution is -0.119. The number of nitrogens with one attached hydrogen (secondary N) is 1. The van der Waals surface area contributed by atoms with E-state index in [1.165, 1.54) is 6.33 Å². The molecule has 0 saturated carbocycles. The Balaban J connectivity index is 2.41. The topological polar surface area (TPSA) is 84.1 Å². The van der Waals surface area contributed by atoms with Crippen molar-refractivity contribution in [3.63, 3.8) is 0 Å². The van der Waals surface area contributed by atoms with E-state index in [0.29, 0.717) is 11.5 Å². The first-order valence-electron chi connectivity index (χ1n) is 5.54. The van der Waals surface area contributed by atoms with Crippen LogP contribution in [-0.4, -0.2) is 36.5 Å². The van der Waals surface area contributed by atoms with Gasteiger partial charge in [0.2, 0.25) is 5.91 Å². The number of likely N-dealkylation sites (N-methyl/N-ethyl adjacent to an activating group) is 2. The quantitative estimate of drug-likeness (QED) is 0.764. The van der Waals surface area contributed by atoms with Crippen molar-refractivity contribution in [3.8, 4) is 0 Å². The van der Waals surface area contributed by atoms with E-state index in [1.807, 2.05) is 13.1 Å². The van der Waals surface area contributed by atoms with Crippen LogP contribution in [0.1, 0.15) is 0 Å². The monoisotopic (exact) mass is 245 g/mol. The van der Waals surface area contributed by atoms with Crippen molar-refractivity contribution < 1.29 is 4.79 Å². The standard InChI is InChI=1S/C12H15N5O/c1-14-11(18)6-17(2)12-9-4-3-8(13)5-10(9)15-7-16-12/h3-5,7H,6,13H2,1-2H3,(H,14,18). The highest BCUT2D eigenvalue weighted by Crippen LogP contribution is 2.23. The molecule has 0 unspecified atom stereocenters. The molecule has 6 heteroatoms. The zero-order valence-electron chi connectivity index (χ0n) is 10.3. The van der Waals surface area contributed by atoms with Crippen LogP contribution < -0.4 is 16.0 Å². The molecule has 0 spiro atoms. The van der Waals surface area contributed by atoms with E-state index in [2.05, 4.69) is 15.3 Å². The molecule has 0 radical (unpaired) electrons. The Labute approximate surface area is 105 Å². The molecule has 2 aromatic rings. The van der Waals surface area contributed by atoms with Crippen LogP contribution in [0.15, 0.2) is 24.5 Å². The molecule has 1 aromatic heterocycles. The first kappa shape index (κ1) is 12.1. The van der Waals surface area contributed by atoms with E-state index in [4.69, 9.17) is 5.73 Å². The van der Waals surface area contributed by atoms with Crippen molar-refractivity contribution in [2.45, 2.75) is 0 Å². The fraction of sp³-hybridized carbons (Fsp3) is 0.250. The molecular weight excluding hydrogens is 230 g/mol. The van der Waals surface area contributed by atoms with Gasteiger partial charge in [0.1, 0.15) is 12.1 Å². The van der Waals surface area contributed by atoms with Crippen LogP contribution in [0.3, 0.4) is 0 Å². The molecule has 0 atom stereocenters. The number of nitrogens with two attached hydrogens (primary N) is 1. The third-order valence-corrected chi connectivity index (χ3v) is 2.66. The molecule has 2 rings (SSSR count). The van der Waals surface area contributed by atoms with E-state index in [1.54, 1.807) is 24.1 Å². The molecule has 1 aromatic carbocycles. The van der Waals surface area contributed by atoms with Crippen molar-refractivity contribution in [3.05, 3.63) is 24.5 Å². The second kappa shape index (κ2) is 4.87. The molecule has 0 aliphatic carbocycles. The number of benzene rings is 1. The van der Waals surface area contributed by atoms with Gasteiger partial charge in [0.15, 0.2) is 0 Å².